The summed E-state index contributed by atoms with van der Waals surface area (Å²) in [5, 5.41) is 3.72. The van der Waals surface area contributed by atoms with Crippen LogP contribution in [0.25, 0.3) is 32.9 Å². The molecule has 0 atom stereocenters. The molecule has 8 aromatic rings. The molecule has 2 aliphatic carbocycles. The molecule has 0 amide bonds. The van der Waals surface area contributed by atoms with E-state index in [4.69, 9.17) is 4.42 Å². The molecule has 12 rings (SSSR count). The quantitative estimate of drug-likeness (QED) is 0.165. The van der Waals surface area contributed by atoms with Gasteiger partial charge < -0.3 is 14.2 Å². The van der Waals surface area contributed by atoms with Gasteiger partial charge in [-0.1, -0.05) is 131 Å². The number of hydrogen-bond acceptors (Lipinski definition) is 3. The fourth-order valence-electron chi connectivity index (χ4n) is 13.1. The van der Waals surface area contributed by atoms with Crippen molar-refractivity contribution in [3.8, 4) is 11.1 Å². The van der Waals surface area contributed by atoms with Gasteiger partial charge in [-0.05, 0) is 206 Å². The Morgan fingerprint density at radius 2 is 1.07 bits per heavy atom. The molecule has 3 nitrogen and oxygen atoms in total. The van der Waals surface area contributed by atoms with Crippen molar-refractivity contribution in [3.63, 3.8) is 0 Å². The Balaban J connectivity index is 1.23. The number of furan rings is 1. The van der Waals surface area contributed by atoms with E-state index in [1.54, 1.807) is 0 Å². The van der Waals surface area contributed by atoms with Gasteiger partial charge in [-0.15, -0.1) is 0 Å². The number of nitrogens with zero attached hydrogens (tertiary/aromatic N) is 2. The van der Waals surface area contributed by atoms with Gasteiger partial charge in [0.1, 0.15) is 5.58 Å². The summed E-state index contributed by atoms with van der Waals surface area (Å²) in [6.45, 7) is 33.3. The lowest BCUT2D eigenvalue weighted by atomic mass is 9.35. The summed E-state index contributed by atoms with van der Waals surface area (Å²) in [4.78, 5) is 5.27. The Hall–Kier alpha value is -6.00. The zero-order chi connectivity index (χ0) is 48.5. The standard InChI is InChI=1S/C65H69BN2O/c1-38-27-39(2)29-45(28-38)67-55-30-40(3)31-56-58(55)66(60-59(67)47-34-48-51(37-57(47)69-60)65(13,14)26-23-62(48,7)8)52-35-49-50(64(11,12)25-24-63(49,9)10)36-54(52)68(56)53-22-21-44(61(4,5)6)33-46(53)43-20-19-41-17-15-16-18-42(41)32-43/h15-22,27-37H,23-26H2,1-14H3. The van der Waals surface area contributed by atoms with Gasteiger partial charge in [-0.3, -0.25) is 0 Å². The van der Waals surface area contributed by atoms with Gasteiger partial charge in [-0.2, -0.15) is 0 Å². The van der Waals surface area contributed by atoms with Crippen molar-refractivity contribution in [3.05, 3.63) is 160 Å². The monoisotopic (exact) mass is 905 g/mol. The van der Waals surface area contributed by atoms with Crippen LogP contribution in [0.15, 0.2) is 120 Å². The van der Waals surface area contributed by atoms with E-state index in [1.807, 2.05) is 0 Å². The minimum absolute atomic E-state index is 0.0104. The average molecular weight is 905 g/mol. The molecule has 3 heterocycles. The second kappa shape index (κ2) is 14.5. The van der Waals surface area contributed by atoms with E-state index in [2.05, 4.69) is 222 Å². The first-order valence-electron chi connectivity index (χ1n) is 25.8. The second-order valence-electron chi connectivity index (χ2n) is 25.4. The van der Waals surface area contributed by atoms with Crippen LogP contribution in [-0.2, 0) is 27.1 Å². The highest BCUT2D eigenvalue weighted by Gasteiger charge is 2.50. The van der Waals surface area contributed by atoms with Crippen LogP contribution in [0.5, 0.6) is 0 Å². The van der Waals surface area contributed by atoms with Crippen LogP contribution in [-0.4, -0.2) is 6.71 Å². The first-order valence-corrected chi connectivity index (χ1v) is 25.8. The maximum absolute atomic E-state index is 7.67. The molecule has 348 valence electrons. The van der Waals surface area contributed by atoms with Crippen LogP contribution in [0.2, 0.25) is 0 Å². The molecule has 1 aromatic heterocycles. The molecule has 0 saturated heterocycles. The first kappa shape index (κ1) is 44.2. The van der Waals surface area contributed by atoms with Crippen molar-refractivity contribution in [2.75, 3.05) is 9.80 Å². The normalized spacial score (nSPS) is 18.1. The minimum Gasteiger partial charge on any atom is -0.468 e. The average Bonchev–Trinajstić information content (AvgIpc) is 3.66. The van der Waals surface area contributed by atoms with E-state index >= 15 is 0 Å². The molecule has 0 fully saturated rings. The van der Waals surface area contributed by atoms with Crippen LogP contribution < -0.4 is 26.4 Å². The zero-order valence-electron chi connectivity index (χ0n) is 43.7. The third-order valence-corrected chi connectivity index (χ3v) is 17.4. The molecule has 4 heteroatoms. The summed E-state index contributed by atoms with van der Waals surface area (Å²) in [7, 11) is 0. The van der Waals surface area contributed by atoms with Crippen molar-refractivity contribution < 1.29 is 4.42 Å². The predicted octanol–water partition coefficient (Wildman–Crippen LogP) is 16.3. The molecule has 0 N–H and O–H groups in total. The highest BCUT2D eigenvalue weighted by atomic mass is 16.3. The molecule has 4 aliphatic rings. The zero-order valence-corrected chi connectivity index (χ0v) is 43.7. The van der Waals surface area contributed by atoms with Gasteiger partial charge in [0.25, 0.3) is 6.71 Å². The second-order valence-corrected chi connectivity index (χ2v) is 25.4. The fraction of sp³-hybridized carbons (Fsp3) is 0.354. The highest BCUT2D eigenvalue weighted by molar-refractivity contribution is 7.00. The van der Waals surface area contributed by atoms with Gasteiger partial charge >= 0.3 is 0 Å². The third kappa shape index (κ3) is 6.67. The Morgan fingerprint density at radius 1 is 0.507 bits per heavy atom. The summed E-state index contributed by atoms with van der Waals surface area (Å²) >= 11 is 0. The summed E-state index contributed by atoms with van der Waals surface area (Å²) in [5.41, 5.74) is 25.4. The van der Waals surface area contributed by atoms with Crippen LogP contribution in [0.4, 0.5) is 34.1 Å². The summed E-state index contributed by atoms with van der Waals surface area (Å²) in [5.74, 6) is 0. The molecule has 0 bridgehead atoms. The summed E-state index contributed by atoms with van der Waals surface area (Å²) in [6.07, 6.45) is 4.61. The molecule has 0 saturated carbocycles. The van der Waals surface area contributed by atoms with Gasteiger partial charge in [0, 0.05) is 33.7 Å². The molecule has 0 unspecified atom stereocenters. The fourth-order valence-corrected chi connectivity index (χ4v) is 13.1. The van der Waals surface area contributed by atoms with Gasteiger partial charge in [0.15, 0.2) is 0 Å². The predicted molar refractivity (Wildman–Crippen MR) is 297 cm³/mol. The molecule has 7 aromatic carbocycles. The van der Waals surface area contributed by atoms with Crippen molar-refractivity contribution in [2.24, 2.45) is 0 Å². The third-order valence-electron chi connectivity index (χ3n) is 17.4. The lowest BCUT2D eigenvalue weighted by Crippen LogP contribution is -2.61. The number of benzene rings is 7. The summed E-state index contributed by atoms with van der Waals surface area (Å²) in [6, 6.07) is 45.4. The molecular formula is C65H69BN2O. The van der Waals surface area contributed by atoms with Crippen LogP contribution >= 0.6 is 0 Å². The largest absolute Gasteiger partial charge is 0.468 e. The van der Waals surface area contributed by atoms with Gasteiger partial charge in [0.05, 0.1) is 17.0 Å². The van der Waals surface area contributed by atoms with E-state index in [0.29, 0.717) is 0 Å². The smallest absolute Gasteiger partial charge is 0.297 e. The topological polar surface area (TPSA) is 19.6 Å². The number of anilines is 6. The van der Waals surface area contributed by atoms with E-state index in [0.717, 1.165) is 36.9 Å². The van der Waals surface area contributed by atoms with E-state index < -0.39 is 0 Å². The van der Waals surface area contributed by atoms with Crippen molar-refractivity contribution in [1.29, 1.82) is 0 Å². The maximum Gasteiger partial charge on any atom is 0.297 e. The van der Waals surface area contributed by atoms with Crippen LogP contribution in [0.3, 0.4) is 0 Å². The molecule has 69 heavy (non-hydrogen) atoms. The van der Waals surface area contributed by atoms with Crippen molar-refractivity contribution >= 4 is 79.2 Å². The van der Waals surface area contributed by atoms with Crippen LogP contribution in [0, 0.1) is 20.8 Å². The molecule has 0 radical (unpaired) electrons. The molecule has 0 spiro atoms. The lowest BCUT2D eigenvalue weighted by molar-refractivity contribution is 0.332. The first-order chi connectivity index (χ1) is 32.5. The van der Waals surface area contributed by atoms with Gasteiger partial charge in [-0.25, -0.2) is 0 Å². The highest BCUT2D eigenvalue weighted by Crippen LogP contribution is 2.54. The Labute approximate surface area is 412 Å². The molecule has 2 aliphatic heterocycles. The number of hydrogen-bond donors (Lipinski definition) is 0. The van der Waals surface area contributed by atoms with Crippen LogP contribution in [0.1, 0.15) is 146 Å². The molecular weight excluding hydrogens is 836 g/mol. The van der Waals surface area contributed by atoms with Gasteiger partial charge in [0.2, 0.25) is 0 Å². The summed E-state index contributed by atoms with van der Waals surface area (Å²) < 4.78 is 7.67. The van der Waals surface area contributed by atoms with E-state index in [1.165, 1.54) is 117 Å². The number of rotatable bonds is 3. The Morgan fingerprint density at radius 3 is 1.71 bits per heavy atom. The SMILES string of the molecule is Cc1cc(C)cc(N2c3cc(C)cc4c3B(c3cc5c(cc3N4c3ccc(C(C)(C)C)cc3-c3ccc4ccccc4c3)C(C)(C)CCC5(C)C)c3oc4cc5c(cc4c32)C(C)(C)CCC5(C)C)c1. The van der Waals surface area contributed by atoms with Crippen molar-refractivity contribution in [2.45, 2.75) is 150 Å². The van der Waals surface area contributed by atoms with E-state index in [9.17, 15) is 0 Å². The van der Waals surface area contributed by atoms with Crippen molar-refractivity contribution in [1.82, 2.24) is 0 Å². The Kier molecular flexibility index (Phi) is 9.32. The minimum atomic E-state index is -0.131. The maximum atomic E-state index is 7.67. The number of aryl methyl sites for hydroxylation is 3. The number of fused-ring (bicyclic) bond motifs is 9. The van der Waals surface area contributed by atoms with E-state index in [-0.39, 0.29) is 33.8 Å². The lowest BCUT2D eigenvalue weighted by Gasteiger charge is -2.47. The Bertz CT molecular complexity index is 3480.